The molecule has 0 unspecified atom stereocenters. The lowest BCUT2D eigenvalue weighted by Crippen LogP contribution is -2.36. The van der Waals surface area contributed by atoms with E-state index in [-0.39, 0.29) is 28.6 Å². The number of nitrogens with one attached hydrogen (secondary N) is 2. The molecule has 1 aromatic carbocycles. The fourth-order valence-corrected chi connectivity index (χ4v) is 3.93. The first kappa shape index (κ1) is 16.5. The molecule has 2 amide bonds. The number of aromatic nitrogens is 1. The van der Waals surface area contributed by atoms with Gasteiger partial charge in [-0.1, -0.05) is 18.2 Å². The summed E-state index contributed by atoms with van der Waals surface area (Å²) in [5.74, 6) is -0.151. The highest BCUT2D eigenvalue weighted by Crippen LogP contribution is 2.30. The summed E-state index contributed by atoms with van der Waals surface area (Å²) >= 11 is 1.54. The predicted molar refractivity (Wildman–Crippen MR) is 101 cm³/mol. The van der Waals surface area contributed by atoms with Crippen LogP contribution in [0.15, 0.2) is 51.6 Å². The van der Waals surface area contributed by atoms with Crippen LogP contribution in [0, 0.1) is 0 Å². The fourth-order valence-electron chi connectivity index (χ4n) is 3.15. The first-order chi connectivity index (χ1) is 12.6. The SMILES string of the molecule is Cn1c(=O)c(C2=NC(=O)NN[C@@H](c3cccs3)C2)c(O)c2ccccc21. The molecule has 0 radical (unpaired) electrons. The predicted octanol–water partition coefficient (Wildman–Crippen LogP) is 2.45. The van der Waals surface area contributed by atoms with Crippen molar-refractivity contribution >= 4 is 34.0 Å². The molecule has 26 heavy (non-hydrogen) atoms. The van der Waals surface area contributed by atoms with Crippen molar-refractivity contribution in [1.29, 1.82) is 0 Å². The van der Waals surface area contributed by atoms with E-state index in [1.807, 2.05) is 17.5 Å². The maximum atomic E-state index is 12.9. The third-order valence-electron chi connectivity index (χ3n) is 4.44. The molecule has 0 aliphatic carbocycles. The molecule has 3 aromatic rings. The second kappa shape index (κ2) is 6.40. The van der Waals surface area contributed by atoms with Gasteiger partial charge in [0.05, 0.1) is 17.3 Å². The summed E-state index contributed by atoms with van der Waals surface area (Å²) in [6.45, 7) is 0. The molecule has 7 nitrogen and oxygen atoms in total. The van der Waals surface area contributed by atoms with Gasteiger partial charge in [-0.05, 0) is 23.6 Å². The van der Waals surface area contributed by atoms with Crippen LogP contribution in [0.25, 0.3) is 10.9 Å². The molecule has 1 atom stereocenters. The minimum absolute atomic E-state index is 0.0617. The number of para-hydroxylation sites is 1. The van der Waals surface area contributed by atoms with Gasteiger partial charge < -0.3 is 9.67 Å². The van der Waals surface area contributed by atoms with Gasteiger partial charge in [0.25, 0.3) is 5.56 Å². The number of hydrogen-bond donors (Lipinski definition) is 3. The van der Waals surface area contributed by atoms with Gasteiger partial charge in [0.1, 0.15) is 11.3 Å². The van der Waals surface area contributed by atoms with E-state index in [0.717, 1.165) is 4.88 Å². The summed E-state index contributed by atoms with van der Waals surface area (Å²) in [6, 6.07) is 10.1. The monoisotopic (exact) mass is 368 g/mol. The van der Waals surface area contributed by atoms with Gasteiger partial charge in [0.2, 0.25) is 0 Å². The van der Waals surface area contributed by atoms with Crippen molar-refractivity contribution < 1.29 is 9.90 Å². The molecule has 0 saturated carbocycles. The van der Waals surface area contributed by atoms with Crippen molar-refractivity contribution in [2.75, 3.05) is 0 Å². The molecule has 132 valence electrons. The van der Waals surface area contributed by atoms with E-state index < -0.39 is 6.03 Å². The zero-order valence-electron chi connectivity index (χ0n) is 13.9. The average molecular weight is 368 g/mol. The van der Waals surface area contributed by atoms with Crippen LogP contribution in [0.2, 0.25) is 0 Å². The maximum absolute atomic E-state index is 12.9. The molecular weight excluding hydrogens is 352 g/mol. The van der Waals surface area contributed by atoms with Crippen molar-refractivity contribution in [3.8, 4) is 5.75 Å². The maximum Gasteiger partial charge on any atom is 0.355 e. The van der Waals surface area contributed by atoms with Gasteiger partial charge in [-0.15, -0.1) is 11.3 Å². The Labute approximate surface area is 152 Å². The van der Waals surface area contributed by atoms with Crippen molar-refractivity contribution in [2.45, 2.75) is 12.5 Å². The number of hydrazine groups is 1. The third-order valence-corrected chi connectivity index (χ3v) is 5.42. The minimum Gasteiger partial charge on any atom is -0.506 e. The van der Waals surface area contributed by atoms with Gasteiger partial charge in [-0.25, -0.2) is 10.2 Å². The molecule has 0 fully saturated rings. The van der Waals surface area contributed by atoms with E-state index in [2.05, 4.69) is 15.8 Å². The molecule has 3 heterocycles. The smallest absolute Gasteiger partial charge is 0.355 e. The molecule has 3 N–H and O–H groups in total. The molecule has 0 bridgehead atoms. The topological polar surface area (TPSA) is 95.7 Å². The van der Waals surface area contributed by atoms with Crippen LogP contribution >= 0.6 is 11.3 Å². The zero-order valence-corrected chi connectivity index (χ0v) is 14.7. The Bertz CT molecular complexity index is 1090. The fraction of sp³-hybridized carbons (Fsp3) is 0.167. The van der Waals surface area contributed by atoms with Gasteiger partial charge >= 0.3 is 6.03 Å². The number of urea groups is 1. The minimum atomic E-state index is -0.603. The molecular formula is C18H16N4O3S. The van der Waals surface area contributed by atoms with Gasteiger partial charge in [-0.2, -0.15) is 4.99 Å². The van der Waals surface area contributed by atoms with E-state index in [1.54, 1.807) is 31.3 Å². The van der Waals surface area contributed by atoms with Crippen molar-refractivity contribution in [2.24, 2.45) is 12.0 Å². The molecule has 1 aliphatic rings. The van der Waals surface area contributed by atoms with Gasteiger partial charge in [-0.3, -0.25) is 10.2 Å². The lowest BCUT2D eigenvalue weighted by atomic mass is 10.00. The number of amides is 2. The van der Waals surface area contributed by atoms with E-state index in [9.17, 15) is 14.7 Å². The number of carbonyl (C=O) groups excluding carboxylic acids is 1. The summed E-state index contributed by atoms with van der Waals surface area (Å²) in [5, 5.41) is 13.2. The standard InChI is InChI=1S/C18H16N4O3S/c1-22-13-6-3-2-5-10(13)16(23)15(17(22)24)12-9-11(14-7-4-8-26-14)20-21-18(25)19-12/h2-8,11,20,23H,9H2,1H3,(H,21,25)/t11-/m1/s1. The number of pyridine rings is 1. The summed E-state index contributed by atoms with van der Waals surface area (Å²) < 4.78 is 1.46. The number of nitrogens with zero attached hydrogens (tertiary/aromatic N) is 2. The van der Waals surface area contributed by atoms with Crippen molar-refractivity contribution in [3.63, 3.8) is 0 Å². The van der Waals surface area contributed by atoms with Crippen molar-refractivity contribution in [3.05, 3.63) is 62.6 Å². The van der Waals surface area contributed by atoms with E-state index in [0.29, 0.717) is 17.3 Å². The number of thiophene rings is 1. The van der Waals surface area contributed by atoms with Crippen LogP contribution in [-0.4, -0.2) is 21.4 Å². The number of hydrogen-bond acceptors (Lipinski definition) is 5. The van der Waals surface area contributed by atoms with Gasteiger partial charge in [0.15, 0.2) is 0 Å². The largest absolute Gasteiger partial charge is 0.506 e. The Balaban J connectivity index is 1.90. The number of carbonyl (C=O) groups is 1. The highest BCUT2D eigenvalue weighted by Gasteiger charge is 2.26. The summed E-state index contributed by atoms with van der Waals surface area (Å²) in [6.07, 6.45) is 0.292. The summed E-state index contributed by atoms with van der Waals surface area (Å²) in [7, 11) is 1.64. The quantitative estimate of drug-likeness (QED) is 0.647. The molecule has 0 saturated heterocycles. The molecule has 4 rings (SSSR count). The number of aryl methyl sites for hydroxylation is 1. The van der Waals surface area contributed by atoms with Gasteiger partial charge in [0, 0.05) is 23.7 Å². The zero-order chi connectivity index (χ0) is 18.3. The van der Waals surface area contributed by atoms with E-state index in [1.165, 1.54) is 15.9 Å². The highest BCUT2D eigenvalue weighted by molar-refractivity contribution is 7.10. The molecule has 0 spiro atoms. The lowest BCUT2D eigenvalue weighted by molar-refractivity contribution is 0.244. The summed E-state index contributed by atoms with van der Waals surface area (Å²) in [4.78, 5) is 29.9. The average Bonchev–Trinajstić information content (AvgIpc) is 3.11. The number of fused-ring (bicyclic) bond motifs is 1. The molecule has 1 aliphatic heterocycles. The lowest BCUT2D eigenvalue weighted by Gasteiger charge is -2.16. The van der Waals surface area contributed by atoms with Crippen LogP contribution in [0.5, 0.6) is 5.75 Å². The van der Waals surface area contributed by atoms with Crippen LogP contribution in [0.1, 0.15) is 22.9 Å². The number of benzene rings is 1. The number of rotatable bonds is 2. The molecule has 8 heteroatoms. The van der Waals surface area contributed by atoms with Crippen LogP contribution in [0.3, 0.4) is 0 Å². The Morgan fingerprint density at radius 3 is 2.81 bits per heavy atom. The van der Waals surface area contributed by atoms with E-state index >= 15 is 0 Å². The second-order valence-corrected chi connectivity index (χ2v) is 6.99. The molecule has 2 aromatic heterocycles. The first-order valence-electron chi connectivity index (χ1n) is 8.04. The van der Waals surface area contributed by atoms with Crippen LogP contribution in [-0.2, 0) is 7.05 Å². The van der Waals surface area contributed by atoms with Crippen LogP contribution in [0.4, 0.5) is 4.79 Å². The Morgan fingerprint density at radius 2 is 2.04 bits per heavy atom. The van der Waals surface area contributed by atoms with E-state index in [4.69, 9.17) is 0 Å². The third kappa shape index (κ3) is 2.69. The number of aromatic hydroxyl groups is 1. The van der Waals surface area contributed by atoms with Crippen LogP contribution < -0.4 is 16.4 Å². The Morgan fingerprint density at radius 1 is 1.23 bits per heavy atom. The number of aliphatic imine (C=N–C) groups is 1. The Hall–Kier alpha value is -2.97. The Kier molecular flexibility index (Phi) is 4.06. The van der Waals surface area contributed by atoms with Crippen molar-refractivity contribution in [1.82, 2.24) is 15.4 Å². The normalized spacial score (nSPS) is 17.7. The highest BCUT2D eigenvalue weighted by atomic mass is 32.1. The summed E-state index contributed by atoms with van der Waals surface area (Å²) in [5.41, 5.74) is 5.99. The second-order valence-electron chi connectivity index (χ2n) is 6.01. The first-order valence-corrected chi connectivity index (χ1v) is 8.91.